The zero-order valence-corrected chi connectivity index (χ0v) is 8.03. The minimum absolute atomic E-state index is 0.174. The number of hydrogen-bond donors (Lipinski definition) is 1. The summed E-state index contributed by atoms with van der Waals surface area (Å²) in [4.78, 5) is 21.6. The summed E-state index contributed by atoms with van der Waals surface area (Å²) in [5.41, 5.74) is 0.781. The lowest BCUT2D eigenvalue weighted by Gasteiger charge is -2.00. The van der Waals surface area contributed by atoms with Gasteiger partial charge in [0.05, 0.1) is 0 Å². The average Bonchev–Trinajstić information content (AvgIpc) is 2.18. The molecule has 4 heteroatoms. The second-order valence-corrected chi connectivity index (χ2v) is 3.00. The molecule has 78 valence electrons. The van der Waals surface area contributed by atoms with Gasteiger partial charge in [-0.1, -0.05) is 6.07 Å². The van der Waals surface area contributed by atoms with Crippen molar-refractivity contribution in [3.05, 3.63) is 47.3 Å². The number of aliphatic carboxylic acids is 1. The maximum Gasteiger partial charge on any atom is 0.328 e. The second-order valence-electron chi connectivity index (χ2n) is 3.00. The number of aryl methyl sites for hydroxylation is 1. The summed E-state index contributed by atoms with van der Waals surface area (Å²) in [5, 5.41) is 8.32. The number of ketones is 1. The third-order valence-electron chi connectivity index (χ3n) is 1.84. The SMILES string of the molecule is Cc1ccc(F)cc1C(=O)C=CC(=O)O. The molecule has 0 aliphatic rings. The zero-order valence-electron chi connectivity index (χ0n) is 8.03. The normalized spacial score (nSPS) is 10.5. The van der Waals surface area contributed by atoms with E-state index in [0.717, 1.165) is 18.2 Å². The molecule has 15 heavy (non-hydrogen) atoms. The summed E-state index contributed by atoms with van der Waals surface area (Å²) >= 11 is 0. The molecule has 0 amide bonds. The Balaban J connectivity index is 3.01. The van der Waals surface area contributed by atoms with Crippen molar-refractivity contribution in [3.63, 3.8) is 0 Å². The highest BCUT2D eigenvalue weighted by atomic mass is 19.1. The Bertz CT molecular complexity index is 435. The van der Waals surface area contributed by atoms with Gasteiger partial charge >= 0.3 is 5.97 Å². The Morgan fingerprint density at radius 2 is 2.00 bits per heavy atom. The molecule has 1 aromatic carbocycles. The summed E-state index contributed by atoms with van der Waals surface area (Å²) in [7, 11) is 0. The minimum atomic E-state index is -1.21. The van der Waals surface area contributed by atoms with E-state index in [0.29, 0.717) is 5.56 Å². The van der Waals surface area contributed by atoms with Crippen LogP contribution in [0.3, 0.4) is 0 Å². The Morgan fingerprint density at radius 1 is 1.33 bits per heavy atom. The van der Waals surface area contributed by atoms with E-state index in [9.17, 15) is 14.0 Å². The molecule has 0 spiro atoms. The van der Waals surface area contributed by atoms with Gasteiger partial charge in [-0.25, -0.2) is 9.18 Å². The molecule has 0 unspecified atom stereocenters. The van der Waals surface area contributed by atoms with Crippen molar-refractivity contribution in [2.45, 2.75) is 6.92 Å². The molecule has 0 atom stereocenters. The number of hydrogen-bond acceptors (Lipinski definition) is 2. The number of carboxylic acids is 1. The Kier molecular flexibility index (Phi) is 3.33. The van der Waals surface area contributed by atoms with Crippen molar-refractivity contribution in [1.29, 1.82) is 0 Å². The van der Waals surface area contributed by atoms with E-state index < -0.39 is 17.6 Å². The van der Waals surface area contributed by atoms with E-state index in [-0.39, 0.29) is 5.56 Å². The van der Waals surface area contributed by atoms with Crippen LogP contribution >= 0.6 is 0 Å². The lowest BCUT2D eigenvalue weighted by atomic mass is 10.0. The standard InChI is InChI=1S/C11H9FO3/c1-7-2-3-8(12)6-9(7)10(13)4-5-11(14)15/h2-6H,1H3,(H,14,15). The van der Waals surface area contributed by atoms with E-state index >= 15 is 0 Å². The smallest absolute Gasteiger partial charge is 0.328 e. The molecule has 0 aliphatic heterocycles. The average molecular weight is 208 g/mol. The number of carbonyl (C=O) groups excluding carboxylic acids is 1. The summed E-state index contributed by atoms with van der Waals surface area (Å²) < 4.78 is 12.8. The predicted molar refractivity (Wildman–Crippen MR) is 52.2 cm³/mol. The van der Waals surface area contributed by atoms with Crippen LogP contribution in [-0.2, 0) is 4.79 Å². The Hall–Kier alpha value is -1.97. The van der Waals surface area contributed by atoms with Gasteiger partial charge in [-0.05, 0) is 30.7 Å². The summed E-state index contributed by atoms with van der Waals surface area (Å²) in [5.74, 6) is -2.25. The monoisotopic (exact) mass is 208 g/mol. The highest BCUT2D eigenvalue weighted by Gasteiger charge is 2.07. The number of allylic oxidation sites excluding steroid dienone is 1. The molecule has 1 N–H and O–H groups in total. The first-order valence-electron chi connectivity index (χ1n) is 4.22. The highest BCUT2D eigenvalue weighted by molar-refractivity contribution is 6.07. The molecule has 0 radical (unpaired) electrons. The number of carboxylic acid groups (broad SMARTS) is 1. The van der Waals surface area contributed by atoms with E-state index in [1.165, 1.54) is 12.1 Å². The summed E-state index contributed by atoms with van der Waals surface area (Å²) in [6, 6.07) is 3.80. The molecule has 1 aromatic rings. The van der Waals surface area contributed by atoms with Crippen molar-refractivity contribution in [2.75, 3.05) is 0 Å². The molecule has 0 fully saturated rings. The fraction of sp³-hybridized carbons (Fsp3) is 0.0909. The van der Waals surface area contributed by atoms with Crippen molar-refractivity contribution >= 4 is 11.8 Å². The number of rotatable bonds is 3. The van der Waals surface area contributed by atoms with Gasteiger partial charge in [0.2, 0.25) is 0 Å². The van der Waals surface area contributed by atoms with Gasteiger partial charge in [0.25, 0.3) is 0 Å². The highest BCUT2D eigenvalue weighted by Crippen LogP contribution is 2.11. The molecule has 0 heterocycles. The predicted octanol–water partition coefficient (Wildman–Crippen LogP) is 1.96. The fourth-order valence-electron chi connectivity index (χ4n) is 1.10. The minimum Gasteiger partial charge on any atom is -0.478 e. The van der Waals surface area contributed by atoms with Crippen molar-refractivity contribution < 1.29 is 19.1 Å². The topological polar surface area (TPSA) is 54.4 Å². The quantitative estimate of drug-likeness (QED) is 0.610. The van der Waals surface area contributed by atoms with Crippen molar-refractivity contribution in [1.82, 2.24) is 0 Å². The largest absolute Gasteiger partial charge is 0.478 e. The van der Waals surface area contributed by atoms with Crippen LogP contribution in [0.1, 0.15) is 15.9 Å². The van der Waals surface area contributed by atoms with E-state index in [4.69, 9.17) is 5.11 Å². The van der Waals surface area contributed by atoms with E-state index in [1.54, 1.807) is 6.92 Å². The molecule has 0 saturated carbocycles. The molecular weight excluding hydrogens is 199 g/mol. The maximum atomic E-state index is 12.8. The number of halogens is 1. The van der Waals surface area contributed by atoms with Gasteiger partial charge in [0.15, 0.2) is 5.78 Å². The third kappa shape index (κ3) is 3.02. The molecule has 0 bridgehead atoms. The molecule has 3 nitrogen and oxygen atoms in total. The van der Waals surface area contributed by atoms with E-state index in [1.807, 2.05) is 0 Å². The van der Waals surface area contributed by atoms with Crippen LogP contribution in [0, 0.1) is 12.7 Å². The van der Waals surface area contributed by atoms with Gasteiger partial charge < -0.3 is 5.11 Å². The lowest BCUT2D eigenvalue weighted by Crippen LogP contribution is -2.00. The molecule has 0 aromatic heterocycles. The van der Waals surface area contributed by atoms with Crippen LogP contribution in [0.4, 0.5) is 4.39 Å². The second kappa shape index (κ2) is 4.50. The first-order chi connectivity index (χ1) is 7.00. The number of carbonyl (C=O) groups is 2. The van der Waals surface area contributed by atoms with Crippen LogP contribution in [0.25, 0.3) is 0 Å². The van der Waals surface area contributed by atoms with Gasteiger partial charge in [0.1, 0.15) is 5.82 Å². The number of benzene rings is 1. The van der Waals surface area contributed by atoms with E-state index in [2.05, 4.69) is 0 Å². The lowest BCUT2D eigenvalue weighted by molar-refractivity contribution is -0.131. The van der Waals surface area contributed by atoms with Crippen LogP contribution in [0.15, 0.2) is 30.4 Å². The van der Waals surface area contributed by atoms with Crippen LogP contribution in [-0.4, -0.2) is 16.9 Å². The molecule has 0 aliphatic carbocycles. The third-order valence-corrected chi connectivity index (χ3v) is 1.84. The molecule has 1 rings (SSSR count). The first kappa shape index (κ1) is 11.1. The first-order valence-corrected chi connectivity index (χ1v) is 4.22. The molecule has 0 saturated heterocycles. The Morgan fingerprint density at radius 3 is 2.60 bits per heavy atom. The van der Waals surface area contributed by atoms with Gasteiger partial charge in [-0.2, -0.15) is 0 Å². The van der Waals surface area contributed by atoms with Gasteiger partial charge in [-0.15, -0.1) is 0 Å². The fourth-order valence-corrected chi connectivity index (χ4v) is 1.10. The van der Waals surface area contributed by atoms with Gasteiger partial charge in [0, 0.05) is 11.6 Å². The summed E-state index contributed by atoms with van der Waals surface area (Å²) in [6.07, 6.45) is 1.64. The van der Waals surface area contributed by atoms with Crippen LogP contribution in [0.2, 0.25) is 0 Å². The van der Waals surface area contributed by atoms with Crippen molar-refractivity contribution in [3.8, 4) is 0 Å². The Labute approximate surface area is 85.8 Å². The molecular formula is C11H9FO3. The van der Waals surface area contributed by atoms with Crippen LogP contribution < -0.4 is 0 Å². The zero-order chi connectivity index (χ0) is 11.4. The van der Waals surface area contributed by atoms with Gasteiger partial charge in [-0.3, -0.25) is 4.79 Å². The maximum absolute atomic E-state index is 12.8. The summed E-state index contributed by atoms with van der Waals surface area (Å²) in [6.45, 7) is 1.65. The van der Waals surface area contributed by atoms with Crippen molar-refractivity contribution in [2.24, 2.45) is 0 Å². The van der Waals surface area contributed by atoms with Crippen LogP contribution in [0.5, 0.6) is 0 Å².